The van der Waals surface area contributed by atoms with Gasteiger partial charge in [0.1, 0.15) is 0 Å². The summed E-state index contributed by atoms with van der Waals surface area (Å²) in [6, 6.07) is 0.332. The Bertz CT molecular complexity index is 249. The van der Waals surface area contributed by atoms with Crippen LogP contribution in [0.3, 0.4) is 0 Å². The van der Waals surface area contributed by atoms with Gasteiger partial charge in [0.25, 0.3) is 0 Å². The standard InChI is InChI=1S/C13H24N2O/c1-10(11-5-2-3-6-11)15-12(16)13(9-14)7-4-8-13/h10-11H,2-9,14H2,1H3,(H,15,16). The Kier molecular flexibility index (Phi) is 3.53. The topological polar surface area (TPSA) is 55.1 Å². The fourth-order valence-corrected chi connectivity index (χ4v) is 3.06. The molecule has 2 saturated carbocycles. The van der Waals surface area contributed by atoms with Gasteiger partial charge in [0.15, 0.2) is 0 Å². The average molecular weight is 224 g/mol. The molecule has 2 aliphatic carbocycles. The fraction of sp³-hybridized carbons (Fsp3) is 0.923. The predicted molar refractivity (Wildman–Crippen MR) is 64.9 cm³/mol. The molecule has 0 aromatic carbocycles. The van der Waals surface area contributed by atoms with Gasteiger partial charge in [-0.05, 0) is 38.5 Å². The Morgan fingerprint density at radius 2 is 2.00 bits per heavy atom. The van der Waals surface area contributed by atoms with Gasteiger partial charge in [0, 0.05) is 12.6 Å². The van der Waals surface area contributed by atoms with Crippen LogP contribution >= 0.6 is 0 Å². The van der Waals surface area contributed by atoms with Crippen LogP contribution in [0.15, 0.2) is 0 Å². The van der Waals surface area contributed by atoms with Crippen molar-refractivity contribution in [3.8, 4) is 0 Å². The summed E-state index contributed by atoms with van der Waals surface area (Å²) in [5.41, 5.74) is 5.52. The maximum Gasteiger partial charge on any atom is 0.227 e. The third-order valence-electron chi connectivity index (χ3n) is 4.65. The lowest BCUT2D eigenvalue weighted by molar-refractivity contribution is -0.136. The molecule has 3 heteroatoms. The molecule has 2 aliphatic rings. The minimum absolute atomic E-state index is 0.209. The summed E-state index contributed by atoms with van der Waals surface area (Å²) in [6.07, 6.45) is 8.32. The van der Waals surface area contributed by atoms with Crippen molar-refractivity contribution in [2.45, 2.75) is 57.9 Å². The number of carbonyl (C=O) groups is 1. The second-order valence-electron chi connectivity index (χ2n) is 5.64. The third kappa shape index (κ3) is 2.10. The Balaban J connectivity index is 1.86. The molecule has 0 bridgehead atoms. The number of rotatable bonds is 4. The van der Waals surface area contributed by atoms with Crippen LogP contribution < -0.4 is 11.1 Å². The van der Waals surface area contributed by atoms with Crippen molar-refractivity contribution in [1.29, 1.82) is 0 Å². The van der Waals surface area contributed by atoms with Crippen molar-refractivity contribution < 1.29 is 4.79 Å². The highest BCUT2D eigenvalue weighted by molar-refractivity contribution is 5.84. The van der Waals surface area contributed by atoms with Gasteiger partial charge in [-0.2, -0.15) is 0 Å². The van der Waals surface area contributed by atoms with E-state index in [9.17, 15) is 4.79 Å². The predicted octanol–water partition coefficient (Wildman–Crippen LogP) is 1.81. The van der Waals surface area contributed by atoms with Gasteiger partial charge in [-0.25, -0.2) is 0 Å². The van der Waals surface area contributed by atoms with Gasteiger partial charge < -0.3 is 11.1 Å². The minimum Gasteiger partial charge on any atom is -0.353 e. The van der Waals surface area contributed by atoms with Gasteiger partial charge in [-0.15, -0.1) is 0 Å². The molecule has 0 heterocycles. The van der Waals surface area contributed by atoms with Crippen LogP contribution in [0.25, 0.3) is 0 Å². The normalized spacial score (nSPS) is 26.1. The van der Waals surface area contributed by atoms with Crippen molar-refractivity contribution in [3.63, 3.8) is 0 Å². The zero-order valence-electron chi connectivity index (χ0n) is 10.3. The second-order valence-corrected chi connectivity index (χ2v) is 5.64. The molecule has 1 amide bonds. The smallest absolute Gasteiger partial charge is 0.227 e. The summed E-state index contributed by atoms with van der Waals surface area (Å²) < 4.78 is 0. The first kappa shape index (κ1) is 11.9. The number of nitrogens with two attached hydrogens (primary N) is 1. The van der Waals surface area contributed by atoms with E-state index in [-0.39, 0.29) is 11.3 Å². The lowest BCUT2D eigenvalue weighted by Gasteiger charge is -2.40. The molecule has 0 spiro atoms. The zero-order chi connectivity index (χ0) is 11.6. The summed E-state index contributed by atoms with van der Waals surface area (Å²) in [6.45, 7) is 2.66. The molecule has 3 nitrogen and oxygen atoms in total. The van der Waals surface area contributed by atoms with Crippen molar-refractivity contribution in [1.82, 2.24) is 5.32 Å². The maximum absolute atomic E-state index is 12.2. The molecular weight excluding hydrogens is 200 g/mol. The number of nitrogens with one attached hydrogen (secondary N) is 1. The molecule has 2 rings (SSSR count). The lowest BCUT2D eigenvalue weighted by Crippen LogP contribution is -2.53. The average Bonchev–Trinajstić information content (AvgIpc) is 2.69. The van der Waals surface area contributed by atoms with E-state index in [1.165, 1.54) is 25.7 Å². The minimum atomic E-state index is -0.215. The molecule has 0 aliphatic heterocycles. The molecule has 16 heavy (non-hydrogen) atoms. The number of hydrogen-bond acceptors (Lipinski definition) is 2. The SMILES string of the molecule is CC(NC(=O)C1(CN)CCC1)C1CCCC1. The highest BCUT2D eigenvalue weighted by Gasteiger charge is 2.43. The van der Waals surface area contributed by atoms with Gasteiger partial charge in [0.05, 0.1) is 5.41 Å². The van der Waals surface area contributed by atoms with Crippen LogP contribution in [0, 0.1) is 11.3 Å². The van der Waals surface area contributed by atoms with E-state index in [0.29, 0.717) is 18.5 Å². The zero-order valence-corrected chi connectivity index (χ0v) is 10.3. The molecular formula is C13H24N2O. The molecule has 0 aromatic rings. The molecule has 0 radical (unpaired) electrons. The highest BCUT2D eigenvalue weighted by Crippen LogP contribution is 2.40. The first-order valence-corrected chi connectivity index (χ1v) is 6.69. The van der Waals surface area contributed by atoms with E-state index < -0.39 is 0 Å². The molecule has 0 saturated heterocycles. The summed E-state index contributed by atoms with van der Waals surface area (Å²) in [4.78, 5) is 12.2. The first-order valence-electron chi connectivity index (χ1n) is 6.69. The summed E-state index contributed by atoms with van der Waals surface area (Å²) in [7, 11) is 0. The summed E-state index contributed by atoms with van der Waals surface area (Å²) in [5, 5.41) is 3.20. The summed E-state index contributed by atoms with van der Waals surface area (Å²) in [5.74, 6) is 0.902. The Labute approximate surface area is 98.2 Å². The van der Waals surface area contributed by atoms with Crippen LogP contribution in [0.5, 0.6) is 0 Å². The van der Waals surface area contributed by atoms with Crippen molar-refractivity contribution in [2.24, 2.45) is 17.1 Å². The largest absolute Gasteiger partial charge is 0.353 e. The van der Waals surface area contributed by atoms with E-state index in [2.05, 4.69) is 12.2 Å². The van der Waals surface area contributed by atoms with Crippen molar-refractivity contribution >= 4 is 5.91 Å². The van der Waals surface area contributed by atoms with E-state index in [1.807, 2.05) is 0 Å². The molecule has 3 N–H and O–H groups in total. The number of amides is 1. The van der Waals surface area contributed by atoms with Gasteiger partial charge in [-0.3, -0.25) is 4.79 Å². The monoisotopic (exact) mass is 224 g/mol. The number of carbonyl (C=O) groups excluding carboxylic acids is 1. The van der Waals surface area contributed by atoms with Crippen LogP contribution in [0.4, 0.5) is 0 Å². The van der Waals surface area contributed by atoms with Crippen molar-refractivity contribution in [2.75, 3.05) is 6.54 Å². The Hall–Kier alpha value is -0.570. The second kappa shape index (κ2) is 4.74. The Morgan fingerprint density at radius 1 is 1.38 bits per heavy atom. The van der Waals surface area contributed by atoms with Crippen molar-refractivity contribution in [3.05, 3.63) is 0 Å². The maximum atomic E-state index is 12.2. The molecule has 2 fully saturated rings. The van der Waals surface area contributed by atoms with Crippen LogP contribution in [0.1, 0.15) is 51.9 Å². The first-order chi connectivity index (χ1) is 7.68. The van der Waals surface area contributed by atoms with Crippen LogP contribution in [-0.4, -0.2) is 18.5 Å². The number of hydrogen-bond donors (Lipinski definition) is 2. The van der Waals surface area contributed by atoms with Crippen LogP contribution in [-0.2, 0) is 4.79 Å². The lowest BCUT2D eigenvalue weighted by atomic mass is 9.68. The van der Waals surface area contributed by atoms with E-state index in [4.69, 9.17) is 5.73 Å². The van der Waals surface area contributed by atoms with Gasteiger partial charge in [0.2, 0.25) is 5.91 Å². The molecule has 0 aromatic heterocycles. The van der Waals surface area contributed by atoms with Gasteiger partial charge in [-0.1, -0.05) is 19.3 Å². The van der Waals surface area contributed by atoms with Gasteiger partial charge >= 0.3 is 0 Å². The fourth-order valence-electron chi connectivity index (χ4n) is 3.06. The Morgan fingerprint density at radius 3 is 2.44 bits per heavy atom. The molecule has 92 valence electrons. The van der Waals surface area contributed by atoms with Crippen LogP contribution in [0.2, 0.25) is 0 Å². The third-order valence-corrected chi connectivity index (χ3v) is 4.65. The van der Waals surface area contributed by atoms with E-state index in [1.54, 1.807) is 0 Å². The quantitative estimate of drug-likeness (QED) is 0.765. The molecule has 1 atom stereocenters. The highest BCUT2D eigenvalue weighted by atomic mass is 16.2. The van der Waals surface area contributed by atoms with E-state index >= 15 is 0 Å². The molecule has 1 unspecified atom stereocenters. The summed E-state index contributed by atoms with van der Waals surface area (Å²) >= 11 is 0. The van der Waals surface area contributed by atoms with E-state index in [0.717, 1.165) is 19.3 Å².